The van der Waals surface area contributed by atoms with Gasteiger partial charge in [0.2, 0.25) is 0 Å². The van der Waals surface area contributed by atoms with Gasteiger partial charge < -0.3 is 10.6 Å². The Hall–Kier alpha value is -1.36. The van der Waals surface area contributed by atoms with Crippen molar-refractivity contribution >= 4 is 17.3 Å². The number of thiazole rings is 1. The van der Waals surface area contributed by atoms with Crippen LogP contribution >= 0.6 is 11.3 Å². The quantitative estimate of drug-likeness (QED) is 0.754. The summed E-state index contributed by atoms with van der Waals surface area (Å²) in [6.07, 6.45) is 3.71. The molecular formula is C9H12N4S. The fourth-order valence-electron chi connectivity index (χ4n) is 1.52. The summed E-state index contributed by atoms with van der Waals surface area (Å²) in [5.74, 6) is 0.600. The van der Waals surface area contributed by atoms with Gasteiger partial charge in [-0.05, 0) is 0 Å². The van der Waals surface area contributed by atoms with Crippen molar-refractivity contribution in [3.05, 3.63) is 29.2 Å². The van der Waals surface area contributed by atoms with Gasteiger partial charge >= 0.3 is 0 Å². The van der Waals surface area contributed by atoms with Crippen molar-refractivity contribution in [2.75, 3.05) is 13.1 Å². The van der Waals surface area contributed by atoms with E-state index in [4.69, 9.17) is 5.73 Å². The van der Waals surface area contributed by atoms with Crippen molar-refractivity contribution in [3.8, 4) is 0 Å². The highest BCUT2D eigenvalue weighted by Gasteiger charge is 2.27. The predicted octanol–water partition coefficient (Wildman–Crippen LogP) is 1.00. The Morgan fingerprint density at radius 3 is 3.29 bits per heavy atom. The number of guanidine groups is 1. The molecule has 0 bridgehead atoms. The van der Waals surface area contributed by atoms with Gasteiger partial charge in [0.15, 0.2) is 5.96 Å². The molecule has 1 unspecified atom stereocenters. The Morgan fingerprint density at radius 1 is 1.79 bits per heavy atom. The molecule has 4 nitrogen and oxygen atoms in total. The van der Waals surface area contributed by atoms with Crippen LogP contribution in [0.1, 0.15) is 10.9 Å². The summed E-state index contributed by atoms with van der Waals surface area (Å²) in [5.41, 5.74) is 7.60. The summed E-state index contributed by atoms with van der Waals surface area (Å²) in [6.45, 7) is 5.17. The molecule has 1 aromatic heterocycles. The Balaban J connectivity index is 2.18. The molecule has 74 valence electrons. The zero-order valence-electron chi connectivity index (χ0n) is 7.76. The fourth-order valence-corrected chi connectivity index (χ4v) is 2.25. The highest BCUT2D eigenvalue weighted by Crippen LogP contribution is 2.27. The number of nitrogens with two attached hydrogens (primary N) is 1. The Morgan fingerprint density at radius 2 is 2.64 bits per heavy atom. The number of aromatic nitrogens is 1. The first kappa shape index (κ1) is 9.21. The second-order valence-electron chi connectivity index (χ2n) is 3.06. The molecule has 2 rings (SSSR count). The van der Waals surface area contributed by atoms with Gasteiger partial charge in [-0.15, -0.1) is 17.9 Å². The molecule has 1 aliphatic heterocycles. The molecule has 1 atom stereocenters. The Bertz CT molecular complexity index is 344. The molecule has 2 N–H and O–H groups in total. The molecule has 0 aliphatic carbocycles. The van der Waals surface area contributed by atoms with Crippen molar-refractivity contribution in [1.82, 2.24) is 9.88 Å². The first-order valence-electron chi connectivity index (χ1n) is 4.38. The fraction of sp³-hybridized carbons (Fsp3) is 0.333. The molecule has 2 heterocycles. The number of nitrogens with zero attached hydrogens (tertiary/aromatic N) is 3. The highest BCUT2D eigenvalue weighted by molar-refractivity contribution is 7.09. The lowest BCUT2D eigenvalue weighted by Gasteiger charge is -2.23. The molecule has 0 spiro atoms. The van der Waals surface area contributed by atoms with Crippen LogP contribution in [0.4, 0.5) is 0 Å². The Labute approximate surface area is 86.8 Å². The van der Waals surface area contributed by atoms with Crippen LogP contribution < -0.4 is 5.73 Å². The average Bonchev–Trinajstić information content (AvgIpc) is 2.77. The number of hydrogen-bond donors (Lipinski definition) is 1. The molecule has 14 heavy (non-hydrogen) atoms. The van der Waals surface area contributed by atoms with E-state index in [1.807, 2.05) is 22.7 Å². The SMILES string of the molecule is C=CCN1C(N)=NCC1c1cncs1. The van der Waals surface area contributed by atoms with Crippen molar-refractivity contribution in [1.29, 1.82) is 0 Å². The van der Waals surface area contributed by atoms with Crippen molar-refractivity contribution in [3.63, 3.8) is 0 Å². The lowest BCUT2D eigenvalue weighted by molar-refractivity contribution is 0.385. The standard InChI is InChI=1S/C9H12N4S/c1-2-3-13-7(4-12-9(13)10)8-5-11-6-14-8/h2,5-7H,1,3-4H2,(H2,10,12). The van der Waals surface area contributed by atoms with Crippen LogP contribution in [0, 0.1) is 0 Å². The summed E-state index contributed by atoms with van der Waals surface area (Å²) in [6, 6.07) is 0.250. The van der Waals surface area contributed by atoms with Gasteiger partial charge in [-0.1, -0.05) is 6.08 Å². The van der Waals surface area contributed by atoms with Crippen LogP contribution in [-0.2, 0) is 0 Å². The van der Waals surface area contributed by atoms with E-state index in [2.05, 4.69) is 16.6 Å². The second kappa shape index (κ2) is 3.79. The smallest absolute Gasteiger partial charge is 0.192 e. The summed E-state index contributed by atoms with van der Waals surface area (Å²) in [5, 5.41) is 0. The lowest BCUT2D eigenvalue weighted by atomic mass is 10.2. The van der Waals surface area contributed by atoms with Crippen LogP contribution in [0.25, 0.3) is 0 Å². The molecule has 1 aliphatic rings. The third-order valence-corrected chi connectivity index (χ3v) is 3.08. The second-order valence-corrected chi connectivity index (χ2v) is 3.98. The summed E-state index contributed by atoms with van der Waals surface area (Å²) in [4.78, 5) is 11.5. The summed E-state index contributed by atoms with van der Waals surface area (Å²) in [7, 11) is 0. The molecular weight excluding hydrogens is 196 g/mol. The van der Waals surface area contributed by atoms with E-state index in [1.165, 1.54) is 4.88 Å². The average molecular weight is 208 g/mol. The largest absolute Gasteiger partial charge is 0.370 e. The van der Waals surface area contributed by atoms with Gasteiger partial charge in [0, 0.05) is 17.6 Å². The van der Waals surface area contributed by atoms with E-state index >= 15 is 0 Å². The third-order valence-electron chi connectivity index (χ3n) is 2.20. The highest BCUT2D eigenvalue weighted by atomic mass is 32.1. The molecule has 0 fully saturated rings. The molecule has 0 amide bonds. The van der Waals surface area contributed by atoms with Gasteiger partial charge in [0.1, 0.15) is 0 Å². The van der Waals surface area contributed by atoms with Crippen LogP contribution in [0.15, 0.2) is 29.4 Å². The van der Waals surface area contributed by atoms with E-state index in [0.717, 1.165) is 13.1 Å². The molecule has 0 aromatic carbocycles. The Kier molecular flexibility index (Phi) is 2.49. The minimum absolute atomic E-state index is 0.250. The van der Waals surface area contributed by atoms with Crippen molar-refractivity contribution < 1.29 is 0 Å². The summed E-state index contributed by atoms with van der Waals surface area (Å²) < 4.78 is 0. The van der Waals surface area contributed by atoms with Crippen LogP contribution in [-0.4, -0.2) is 28.9 Å². The van der Waals surface area contributed by atoms with Gasteiger partial charge in [-0.2, -0.15) is 0 Å². The normalized spacial score (nSPS) is 21.0. The molecule has 1 aromatic rings. The van der Waals surface area contributed by atoms with Gasteiger partial charge in [0.25, 0.3) is 0 Å². The van der Waals surface area contributed by atoms with Crippen LogP contribution in [0.3, 0.4) is 0 Å². The topological polar surface area (TPSA) is 54.5 Å². The zero-order chi connectivity index (χ0) is 9.97. The predicted molar refractivity (Wildman–Crippen MR) is 58.2 cm³/mol. The van der Waals surface area contributed by atoms with Crippen molar-refractivity contribution in [2.45, 2.75) is 6.04 Å². The minimum atomic E-state index is 0.250. The van der Waals surface area contributed by atoms with E-state index in [0.29, 0.717) is 5.96 Å². The van der Waals surface area contributed by atoms with E-state index < -0.39 is 0 Å². The maximum absolute atomic E-state index is 5.77. The number of hydrogen-bond acceptors (Lipinski definition) is 5. The van der Waals surface area contributed by atoms with E-state index in [9.17, 15) is 0 Å². The maximum atomic E-state index is 5.77. The number of rotatable bonds is 3. The van der Waals surface area contributed by atoms with E-state index in [-0.39, 0.29) is 6.04 Å². The zero-order valence-corrected chi connectivity index (χ0v) is 8.57. The van der Waals surface area contributed by atoms with Gasteiger partial charge in [0.05, 0.1) is 18.1 Å². The maximum Gasteiger partial charge on any atom is 0.192 e. The van der Waals surface area contributed by atoms with Crippen LogP contribution in [0.5, 0.6) is 0 Å². The van der Waals surface area contributed by atoms with Crippen molar-refractivity contribution in [2.24, 2.45) is 10.7 Å². The van der Waals surface area contributed by atoms with E-state index in [1.54, 1.807) is 11.3 Å². The van der Waals surface area contributed by atoms with Crippen LogP contribution in [0.2, 0.25) is 0 Å². The van der Waals surface area contributed by atoms with Gasteiger partial charge in [-0.3, -0.25) is 9.98 Å². The lowest BCUT2D eigenvalue weighted by Crippen LogP contribution is -2.35. The third kappa shape index (κ3) is 1.50. The number of aliphatic imine (C=N–C) groups is 1. The van der Waals surface area contributed by atoms with Gasteiger partial charge in [-0.25, -0.2) is 0 Å². The monoisotopic (exact) mass is 208 g/mol. The molecule has 5 heteroatoms. The molecule has 0 radical (unpaired) electrons. The first-order chi connectivity index (χ1) is 6.83. The molecule has 0 saturated carbocycles. The minimum Gasteiger partial charge on any atom is -0.370 e. The first-order valence-corrected chi connectivity index (χ1v) is 5.26. The molecule has 0 saturated heterocycles. The summed E-state index contributed by atoms with van der Waals surface area (Å²) >= 11 is 1.64.